The van der Waals surface area contributed by atoms with Gasteiger partial charge >= 0.3 is 7.12 Å². The highest BCUT2D eigenvalue weighted by atomic mass is 19.1. The predicted octanol–water partition coefficient (Wildman–Crippen LogP) is 0.182. The van der Waals surface area contributed by atoms with Gasteiger partial charge in [0.2, 0.25) is 0 Å². The van der Waals surface area contributed by atoms with Crippen LogP contribution in [0.2, 0.25) is 0 Å². The molecule has 0 fully saturated rings. The molecule has 0 saturated heterocycles. The second kappa shape index (κ2) is 2.53. The second-order valence-corrected chi connectivity index (χ2v) is 2.58. The average molecular weight is 170 g/mol. The molecule has 0 saturated carbocycles. The lowest BCUT2D eigenvalue weighted by atomic mass is 9.79. The van der Waals surface area contributed by atoms with Crippen LogP contribution in [0.4, 0.5) is 8.78 Å². The molecule has 0 amide bonds. The SMILES string of the molecule is OB1OCc2c(F)ccc(F)c21. The fourth-order valence-corrected chi connectivity index (χ4v) is 1.27. The molecule has 0 aromatic heterocycles. The average Bonchev–Trinajstić information content (AvgIpc) is 2.42. The van der Waals surface area contributed by atoms with Crippen LogP contribution in [-0.2, 0) is 11.3 Å². The molecule has 0 bridgehead atoms. The fraction of sp³-hybridized carbons (Fsp3) is 0.143. The van der Waals surface area contributed by atoms with Crippen LogP contribution in [0.15, 0.2) is 12.1 Å². The van der Waals surface area contributed by atoms with E-state index in [9.17, 15) is 8.78 Å². The molecule has 62 valence electrons. The van der Waals surface area contributed by atoms with E-state index in [1.54, 1.807) is 0 Å². The minimum atomic E-state index is -1.32. The molecular weight excluding hydrogens is 165 g/mol. The fourth-order valence-electron chi connectivity index (χ4n) is 1.27. The number of halogens is 2. The van der Waals surface area contributed by atoms with Crippen molar-refractivity contribution in [1.29, 1.82) is 0 Å². The van der Waals surface area contributed by atoms with Crippen molar-refractivity contribution in [2.24, 2.45) is 0 Å². The van der Waals surface area contributed by atoms with Crippen LogP contribution in [0.1, 0.15) is 5.56 Å². The van der Waals surface area contributed by atoms with E-state index in [0.29, 0.717) is 0 Å². The van der Waals surface area contributed by atoms with Gasteiger partial charge in [0.25, 0.3) is 0 Å². The maximum atomic E-state index is 12.9. The third-order valence-corrected chi connectivity index (χ3v) is 1.88. The summed E-state index contributed by atoms with van der Waals surface area (Å²) in [6, 6.07) is 2.00. The molecule has 1 aromatic carbocycles. The van der Waals surface area contributed by atoms with Crippen LogP contribution >= 0.6 is 0 Å². The summed E-state index contributed by atoms with van der Waals surface area (Å²) >= 11 is 0. The van der Waals surface area contributed by atoms with Crippen LogP contribution in [0.25, 0.3) is 0 Å². The van der Waals surface area contributed by atoms with Gasteiger partial charge in [-0.2, -0.15) is 0 Å². The van der Waals surface area contributed by atoms with Crippen molar-refractivity contribution in [1.82, 2.24) is 0 Å². The van der Waals surface area contributed by atoms with Crippen molar-refractivity contribution in [2.45, 2.75) is 6.61 Å². The molecule has 0 spiro atoms. The number of benzene rings is 1. The third-order valence-electron chi connectivity index (χ3n) is 1.88. The van der Waals surface area contributed by atoms with Gasteiger partial charge in [-0.1, -0.05) is 0 Å². The number of hydrogen-bond donors (Lipinski definition) is 1. The summed E-state index contributed by atoms with van der Waals surface area (Å²) in [5, 5.41) is 9.06. The minimum absolute atomic E-state index is 0.0694. The summed E-state index contributed by atoms with van der Waals surface area (Å²) in [4.78, 5) is 0. The van der Waals surface area contributed by atoms with E-state index >= 15 is 0 Å². The van der Waals surface area contributed by atoms with Crippen molar-refractivity contribution >= 4 is 12.6 Å². The van der Waals surface area contributed by atoms with Crippen LogP contribution < -0.4 is 5.46 Å². The highest BCUT2D eigenvalue weighted by Crippen LogP contribution is 2.15. The number of fused-ring (bicyclic) bond motifs is 1. The Balaban J connectivity index is 2.64. The summed E-state index contributed by atoms with van der Waals surface area (Å²) in [5.41, 5.74) is 0.0394. The van der Waals surface area contributed by atoms with E-state index in [4.69, 9.17) is 5.02 Å². The third kappa shape index (κ3) is 0.938. The van der Waals surface area contributed by atoms with Crippen LogP contribution in [-0.4, -0.2) is 12.1 Å². The molecule has 1 heterocycles. The Morgan fingerprint density at radius 2 is 2.00 bits per heavy atom. The van der Waals surface area contributed by atoms with E-state index < -0.39 is 18.8 Å². The zero-order valence-corrected chi connectivity index (χ0v) is 6.05. The summed E-state index contributed by atoms with van der Waals surface area (Å²) < 4.78 is 30.5. The first-order chi connectivity index (χ1) is 5.70. The van der Waals surface area contributed by atoms with Gasteiger partial charge in [0.05, 0.1) is 6.61 Å². The first-order valence-corrected chi connectivity index (χ1v) is 3.46. The molecule has 1 aliphatic heterocycles. The Morgan fingerprint density at radius 3 is 2.67 bits per heavy atom. The Morgan fingerprint density at radius 1 is 1.33 bits per heavy atom. The van der Waals surface area contributed by atoms with Crippen molar-refractivity contribution in [3.8, 4) is 0 Å². The van der Waals surface area contributed by atoms with Gasteiger partial charge in [-0.3, -0.25) is 0 Å². The second-order valence-electron chi connectivity index (χ2n) is 2.58. The van der Waals surface area contributed by atoms with E-state index in [1.165, 1.54) is 0 Å². The Kier molecular flexibility index (Phi) is 1.63. The highest BCUT2D eigenvalue weighted by Gasteiger charge is 2.32. The van der Waals surface area contributed by atoms with Gasteiger partial charge in [0.15, 0.2) is 0 Å². The lowest BCUT2D eigenvalue weighted by Crippen LogP contribution is -2.31. The van der Waals surface area contributed by atoms with Gasteiger partial charge < -0.3 is 9.68 Å². The molecule has 2 nitrogen and oxygen atoms in total. The molecule has 2 rings (SSSR count). The zero-order chi connectivity index (χ0) is 8.72. The van der Waals surface area contributed by atoms with E-state index in [0.717, 1.165) is 12.1 Å². The van der Waals surface area contributed by atoms with Crippen LogP contribution in [0.3, 0.4) is 0 Å². The van der Waals surface area contributed by atoms with Crippen LogP contribution in [0.5, 0.6) is 0 Å². The first kappa shape index (κ1) is 7.70. The lowest BCUT2D eigenvalue weighted by Gasteiger charge is -1.99. The number of hydrogen-bond acceptors (Lipinski definition) is 2. The summed E-state index contributed by atoms with van der Waals surface area (Å²) in [7, 11) is -1.32. The van der Waals surface area contributed by atoms with Crippen molar-refractivity contribution < 1.29 is 18.5 Å². The summed E-state index contributed by atoms with van der Waals surface area (Å²) in [5.74, 6) is -1.17. The van der Waals surface area contributed by atoms with E-state index in [2.05, 4.69) is 4.65 Å². The normalized spacial score (nSPS) is 15.1. The summed E-state index contributed by atoms with van der Waals surface area (Å²) in [6.07, 6.45) is 0. The Hall–Kier alpha value is -0.935. The van der Waals surface area contributed by atoms with Gasteiger partial charge in [-0.25, -0.2) is 8.78 Å². The molecule has 12 heavy (non-hydrogen) atoms. The number of rotatable bonds is 0. The Bertz CT molecular complexity index is 329. The topological polar surface area (TPSA) is 29.5 Å². The highest BCUT2D eigenvalue weighted by molar-refractivity contribution is 6.61. The molecule has 0 atom stereocenters. The quantitative estimate of drug-likeness (QED) is 0.562. The molecule has 1 aliphatic rings. The smallest absolute Gasteiger partial charge is 0.423 e. The lowest BCUT2D eigenvalue weighted by molar-refractivity contribution is 0.272. The Labute approximate surface area is 67.9 Å². The standard InChI is InChI=1S/C7H5BF2O2/c9-5-1-2-6(10)7-4(5)3-12-8(7)11/h1-2,11H,3H2. The largest absolute Gasteiger partial charge is 0.494 e. The molecule has 1 N–H and O–H groups in total. The molecule has 1 aromatic rings. The van der Waals surface area contributed by atoms with Crippen LogP contribution in [0, 0.1) is 11.6 Å². The van der Waals surface area contributed by atoms with Gasteiger partial charge in [0.1, 0.15) is 11.6 Å². The summed E-state index contributed by atoms with van der Waals surface area (Å²) in [6.45, 7) is -0.0694. The first-order valence-electron chi connectivity index (χ1n) is 3.46. The van der Waals surface area contributed by atoms with Crippen molar-refractivity contribution in [3.63, 3.8) is 0 Å². The van der Waals surface area contributed by atoms with Crippen molar-refractivity contribution in [2.75, 3.05) is 0 Å². The van der Waals surface area contributed by atoms with Gasteiger partial charge in [-0.15, -0.1) is 0 Å². The maximum Gasteiger partial charge on any atom is 0.494 e. The zero-order valence-electron chi connectivity index (χ0n) is 6.05. The van der Waals surface area contributed by atoms with E-state index in [1.807, 2.05) is 0 Å². The van der Waals surface area contributed by atoms with Gasteiger partial charge in [0, 0.05) is 11.0 Å². The molecule has 0 unspecified atom stereocenters. The molecule has 0 aliphatic carbocycles. The van der Waals surface area contributed by atoms with Crippen molar-refractivity contribution in [3.05, 3.63) is 29.3 Å². The molecule has 0 radical (unpaired) electrons. The monoisotopic (exact) mass is 170 g/mol. The molecular formula is C7H5BF2O2. The molecule has 5 heteroatoms. The predicted molar refractivity (Wildman–Crippen MR) is 38.8 cm³/mol. The van der Waals surface area contributed by atoms with Gasteiger partial charge in [-0.05, 0) is 12.1 Å². The van der Waals surface area contributed by atoms with E-state index in [-0.39, 0.29) is 17.6 Å². The minimum Gasteiger partial charge on any atom is -0.423 e. The maximum absolute atomic E-state index is 12.9.